The minimum absolute atomic E-state index is 0.0715. The predicted molar refractivity (Wildman–Crippen MR) is 97.9 cm³/mol. The molecule has 0 bridgehead atoms. The molecule has 0 radical (unpaired) electrons. The number of likely N-dealkylation sites (tertiary alicyclic amines) is 1. The molecule has 1 aliphatic heterocycles. The van der Waals surface area contributed by atoms with Crippen LogP contribution in [0.1, 0.15) is 32.3 Å². The van der Waals surface area contributed by atoms with Gasteiger partial charge in [-0.05, 0) is 24.5 Å². The highest BCUT2D eigenvalue weighted by Crippen LogP contribution is 2.34. The molecule has 28 heavy (non-hydrogen) atoms. The number of nitrogens with zero attached hydrogens (tertiary/aromatic N) is 2. The number of benzene rings is 1. The van der Waals surface area contributed by atoms with Crippen molar-refractivity contribution in [2.24, 2.45) is 10.6 Å². The molecule has 1 aromatic carbocycles. The second-order valence-corrected chi connectivity index (χ2v) is 8.40. The van der Waals surface area contributed by atoms with E-state index < -0.39 is 26.9 Å². The summed E-state index contributed by atoms with van der Waals surface area (Å²) in [5, 5.41) is 3.86. The highest BCUT2D eigenvalue weighted by atomic mass is 32.2. The van der Waals surface area contributed by atoms with Crippen LogP contribution in [0.25, 0.3) is 0 Å². The number of carbonyl (C=O) groups excluding carboxylic acids is 1. The zero-order valence-electron chi connectivity index (χ0n) is 15.7. The molecular weight excluding hydrogens is 399 g/mol. The molecule has 7 nitrogen and oxygen atoms in total. The number of hydrogen-bond acceptors (Lipinski definition) is 5. The molecule has 0 aliphatic carbocycles. The molecule has 1 saturated heterocycles. The van der Waals surface area contributed by atoms with Crippen LogP contribution in [0.4, 0.5) is 18.9 Å². The molecule has 156 valence electrons. The Morgan fingerprint density at radius 2 is 1.96 bits per heavy atom. The summed E-state index contributed by atoms with van der Waals surface area (Å²) in [5.41, 5.74) is -5.68. The lowest BCUT2D eigenvalue weighted by Gasteiger charge is -2.39. The van der Waals surface area contributed by atoms with Crippen LogP contribution in [0.5, 0.6) is 0 Å². The summed E-state index contributed by atoms with van der Waals surface area (Å²) < 4.78 is 62.5. The molecule has 1 aromatic rings. The molecule has 1 unspecified atom stereocenters. The zero-order chi connectivity index (χ0) is 21.2. The number of carbonyl (C=O) groups is 1. The van der Waals surface area contributed by atoms with E-state index in [0.717, 1.165) is 0 Å². The van der Waals surface area contributed by atoms with E-state index in [1.54, 1.807) is 10.8 Å². The summed E-state index contributed by atoms with van der Waals surface area (Å²) in [5.74, 6) is -0.397. The lowest BCUT2D eigenvalue weighted by atomic mass is 9.76. The van der Waals surface area contributed by atoms with Crippen molar-refractivity contribution in [1.29, 1.82) is 0 Å². The van der Waals surface area contributed by atoms with E-state index in [9.17, 15) is 26.4 Å². The Morgan fingerprint density at radius 3 is 2.54 bits per heavy atom. The number of sulfonamides is 1. The SMILES string of the molecule is CCC1(C)CCN(Cc2ccccc2NS(=O)(=O)C(F)(F)F)C(=O)/C1=N/OC. The second-order valence-electron chi connectivity index (χ2n) is 6.72. The molecular formula is C17H22F3N3O4S. The molecule has 1 aliphatic rings. The number of hydrogen-bond donors (Lipinski definition) is 1. The van der Waals surface area contributed by atoms with Crippen LogP contribution in [0, 0.1) is 5.41 Å². The van der Waals surface area contributed by atoms with Gasteiger partial charge in [-0.3, -0.25) is 9.52 Å². The van der Waals surface area contributed by atoms with Gasteiger partial charge >= 0.3 is 15.5 Å². The number of amides is 1. The van der Waals surface area contributed by atoms with Gasteiger partial charge in [0.1, 0.15) is 7.11 Å². The second kappa shape index (κ2) is 7.98. The van der Waals surface area contributed by atoms with Gasteiger partial charge in [-0.2, -0.15) is 21.6 Å². The number of halogens is 3. The van der Waals surface area contributed by atoms with Crippen LogP contribution >= 0.6 is 0 Å². The van der Waals surface area contributed by atoms with Crippen molar-refractivity contribution in [2.75, 3.05) is 18.4 Å². The van der Waals surface area contributed by atoms with Gasteiger partial charge in [0.25, 0.3) is 5.91 Å². The van der Waals surface area contributed by atoms with Gasteiger partial charge in [-0.1, -0.05) is 37.2 Å². The number of para-hydroxylation sites is 1. The third-order valence-electron chi connectivity index (χ3n) is 4.89. The largest absolute Gasteiger partial charge is 0.516 e. The van der Waals surface area contributed by atoms with Crippen molar-refractivity contribution in [3.05, 3.63) is 29.8 Å². The Kier molecular flexibility index (Phi) is 6.27. The molecule has 11 heteroatoms. The van der Waals surface area contributed by atoms with Gasteiger partial charge in [-0.15, -0.1) is 0 Å². The van der Waals surface area contributed by atoms with E-state index in [1.165, 1.54) is 30.2 Å². The van der Waals surface area contributed by atoms with Crippen LogP contribution in [-0.4, -0.2) is 44.1 Å². The van der Waals surface area contributed by atoms with E-state index in [-0.39, 0.29) is 23.5 Å². The third kappa shape index (κ3) is 4.40. The molecule has 0 saturated carbocycles. The first-order chi connectivity index (χ1) is 12.9. The Bertz CT molecular complexity index is 871. The monoisotopic (exact) mass is 421 g/mol. The maximum Gasteiger partial charge on any atom is 0.516 e. The molecule has 1 fully saturated rings. The summed E-state index contributed by atoms with van der Waals surface area (Å²) in [6.07, 6.45) is 1.25. The highest BCUT2D eigenvalue weighted by Gasteiger charge is 2.46. The first-order valence-corrected chi connectivity index (χ1v) is 10.0. The zero-order valence-corrected chi connectivity index (χ0v) is 16.5. The smallest absolute Gasteiger partial charge is 0.399 e. The maximum atomic E-state index is 12.8. The van der Waals surface area contributed by atoms with Gasteiger partial charge in [0.05, 0.1) is 5.69 Å². The number of alkyl halides is 3. The standard InChI is InChI=1S/C17H22F3N3O4S/c1-4-16(2)9-10-23(15(24)14(16)21-27-3)11-12-7-5-6-8-13(12)22-28(25,26)17(18,19)20/h5-8,22H,4,9-11H2,1-3H3/b21-14-. The molecule has 1 amide bonds. The summed E-state index contributed by atoms with van der Waals surface area (Å²) >= 11 is 0. The molecule has 0 aromatic heterocycles. The summed E-state index contributed by atoms with van der Waals surface area (Å²) in [7, 11) is -4.24. The van der Waals surface area contributed by atoms with Crippen LogP contribution in [0.15, 0.2) is 29.4 Å². The highest BCUT2D eigenvalue weighted by molar-refractivity contribution is 7.93. The summed E-state index contributed by atoms with van der Waals surface area (Å²) in [4.78, 5) is 19.1. The van der Waals surface area contributed by atoms with Crippen molar-refractivity contribution in [2.45, 2.75) is 38.7 Å². The number of oxime groups is 1. The van der Waals surface area contributed by atoms with Crippen molar-refractivity contribution >= 4 is 27.3 Å². The van der Waals surface area contributed by atoms with Gasteiger partial charge in [-0.25, -0.2) is 0 Å². The van der Waals surface area contributed by atoms with Crippen LogP contribution in [0.3, 0.4) is 0 Å². The van der Waals surface area contributed by atoms with Crippen molar-refractivity contribution in [3.8, 4) is 0 Å². The fourth-order valence-corrected chi connectivity index (χ4v) is 3.52. The fourth-order valence-electron chi connectivity index (χ4n) is 2.91. The fraction of sp³-hybridized carbons (Fsp3) is 0.529. The molecule has 1 N–H and O–H groups in total. The third-order valence-corrected chi connectivity index (χ3v) is 5.98. The molecule has 2 rings (SSSR count). The van der Waals surface area contributed by atoms with Crippen LogP contribution < -0.4 is 4.72 Å². The number of anilines is 1. The number of piperidine rings is 1. The first kappa shape index (κ1) is 22.0. The molecule has 1 atom stereocenters. The number of nitrogens with one attached hydrogen (secondary N) is 1. The first-order valence-electron chi connectivity index (χ1n) is 8.53. The lowest BCUT2D eigenvalue weighted by Crippen LogP contribution is -2.50. The van der Waals surface area contributed by atoms with E-state index in [1.807, 2.05) is 13.8 Å². The van der Waals surface area contributed by atoms with E-state index in [4.69, 9.17) is 4.84 Å². The summed E-state index contributed by atoms with van der Waals surface area (Å²) in [6, 6.07) is 5.63. The van der Waals surface area contributed by atoms with Gasteiger partial charge in [0.15, 0.2) is 5.71 Å². The van der Waals surface area contributed by atoms with Crippen molar-refractivity contribution in [3.63, 3.8) is 0 Å². The van der Waals surface area contributed by atoms with Gasteiger partial charge < -0.3 is 9.74 Å². The molecule has 1 heterocycles. The predicted octanol–water partition coefficient (Wildman–Crippen LogP) is 3.10. The average molecular weight is 421 g/mol. The lowest BCUT2D eigenvalue weighted by molar-refractivity contribution is -0.127. The Labute approximate surface area is 161 Å². The normalized spacial score (nSPS) is 22.4. The Morgan fingerprint density at radius 1 is 1.32 bits per heavy atom. The van der Waals surface area contributed by atoms with Crippen molar-refractivity contribution in [1.82, 2.24) is 4.90 Å². The minimum atomic E-state index is -5.57. The van der Waals surface area contributed by atoms with E-state index >= 15 is 0 Å². The van der Waals surface area contributed by atoms with E-state index in [2.05, 4.69) is 5.16 Å². The average Bonchev–Trinajstić information content (AvgIpc) is 2.61. The van der Waals surface area contributed by atoms with Crippen LogP contribution in [0.2, 0.25) is 0 Å². The van der Waals surface area contributed by atoms with Crippen LogP contribution in [-0.2, 0) is 26.2 Å². The van der Waals surface area contributed by atoms with Crippen molar-refractivity contribution < 1.29 is 31.2 Å². The van der Waals surface area contributed by atoms with E-state index in [0.29, 0.717) is 19.4 Å². The quantitative estimate of drug-likeness (QED) is 0.715. The molecule has 0 spiro atoms. The Hall–Kier alpha value is -2.30. The minimum Gasteiger partial charge on any atom is -0.399 e. The van der Waals surface area contributed by atoms with Gasteiger partial charge in [0, 0.05) is 18.5 Å². The van der Waals surface area contributed by atoms with Gasteiger partial charge in [0.2, 0.25) is 0 Å². The Balaban J connectivity index is 2.30. The summed E-state index contributed by atoms with van der Waals surface area (Å²) in [6.45, 7) is 4.10. The maximum absolute atomic E-state index is 12.8. The topological polar surface area (TPSA) is 88.1 Å². The number of rotatable bonds is 6.